The van der Waals surface area contributed by atoms with Crippen molar-refractivity contribution in [2.75, 3.05) is 6.54 Å². The van der Waals surface area contributed by atoms with Crippen LogP contribution in [0.5, 0.6) is 0 Å². The van der Waals surface area contributed by atoms with Crippen LogP contribution in [0.3, 0.4) is 0 Å². The van der Waals surface area contributed by atoms with Gasteiger partial charge in [0.1, 0.15) is 0 Å². The second-order valence-corrected chi connectivity index (χ2v) is 6.59. The van der Waals surface area contributed by atoms with Crippen molar-refractivity contribution in [3.8, 4) is 0 Å². The van der Waals surface area contributed by atoms with Crippen LogP contribution >= 0.6 is 0 Å². The maximum atomic E-state index is 11.9. The molecular formula is C13H18N2O4S. The second-order valence-electron chi connectivity index (χ2n) is 4.82. The molecule has 1 fully saturated rings. The number of hydrogen-bond donors (Lipinski definition) is 3. The number of rotatable bonds is 5. The first-order valence-electron chi connectivity index (χ1n) is 6.51. The SMILES string of the molecule is CCNS(=O)(=O)c1ccc(C(=O)NC2CC(O)C2)cc1. The first-order valence-corrected chi connectivity index (χ1v) is 7.99. The number of sulfonamides is 1. The summed E-state index contributed by atoms with van der Waals surface area (Å²) in [6.07, 6.45) is 0.810. The Kier molecular flexibility index (Phi) is 4.42. The van der Waals surface area contributed by atoms with Crippen LogP contribution in [0.4, 0.5) is 0 Å². The lowest BCUT2D eigenvalue weighted by Gasteiger charge is -2.31. The maximum absolute atomic E-state index is 11.9. The average molecular weight is 298 g/mol. The Labute approximate surface area is 118 Å². The van der Waals surface area contributed by atoms with Crippen molar-refractivity contribution in [1.82, 2.24) is 10.0 Å². The predicted molar refractivity (Wildman–Crippen MR) is 73.8 cm³/mol. The molecule has 0 aliphatic heterocycles. The third kappa shape index (κ3) is 3.36. The van der Waals surface area contributed by atoms with Crippen LogP contribution in [-0.2, 0) is 10.0 Å². The van der Waals surface area contributed by atoms with Crippen LogP contribution in [0, 0.1) is 0 Å². The molecule has 0 spiro atoms. The van der Waals surface area contributed by atoms with Crippen molar-refractivity contribution in [3.63, 3.8) is 0 Å². The third-order valence-electron chi connectivity index (χ3n) is 3.21. The van der Waals surface area contributed by atoms with Crippen molar-refractivity contribution in [1.29, 1.82) is 0 Å². The highest BCUT2D eigenvalue weighted by Gasteiger charge is 2.28. The Morgan fingerprint density at radius 1 is 1.30 bits per heavy atom. The predicted octanol–water partition coefficient (Wildman–Crippen LogP) is 0.238. The molecule has 0 radical (unpaired) electrons. The van der Waals surface area contributed by atoms with Crippen molar-refractivity contribution < 1.29 is 18.3 Å². The van der Waals surface area contributed by atoms with Gasteiger partial charge in [-0.1, -0.05) is 6.92 Å². The zero-order valence-electron chi connectivity index (χ0n) is 11.2. The number of hydrogen-bond acceptors (Lipinski definition) is 4. The van der Waals surface area contributed by atoms with Gasteiger partial charge in [-0.05, 0) is 37.1 Å². The minimum atomic E-state index is -3.49. The molecule has 3 N–H and O–H groups in total. The Morgan fingerprint density at radius 3 is 2.40 bits per heavy atom. The van der Waals surface area contributed by atoms with Gasteiger partial charge in [0, 0.05) is 18.2 Å². The summed E-state index contributed by atoms with van der Waals surface area (Å²) in [6.45, 7) is 2.01. The van der Waals surface area contributed by atoms with E-state index in [4.69, 9.17) is 5.11 Å². The molecule has 0 atom stereocenters. The summed E-state index contributed by atoms with van der Waals surface area (Å²) in [5.41, 5.74) is 0.404. The number of benzene rings is 1. The molecule has 1 amide bonds. The number of nitrogens with one attached hydrogen (secondary N) is 2. The molecule has 0 unspecified atom stereocenters. The van der Waals surface area contributed by atoms with E-state index in [0.717, 1.165) is 0 Å². The fourth-order valence-electron chi connectivity index (χ4n) is 2.03. The summed E-state index contributed by atoms with van der Waals surface area (Å²) in [5.74, 6) is -0.255. The van der Waals surface area contributed by atoms with Gasteiger partial charge in [0.15, 0.2) is 0 Å². The molecular weight excluding hydrogens is 280 g/mol. The molecule has 1 saturated carbocycles. The Balaban J connectivity index is 2.02. The number of carbonyl (C=O) groups is 1. The molecule has 0 aromatic heterocycles. The highest BCUT2D eigenvalue weighted by molar-refractivity contribution is 7.89. The summed E-state index contributed by atoms with van der Waals surface area (Å²) in [4.78, 5) is 12.0. The quantitative estimate of drug-likeness (QED) is 0.725. The number of aliphatic hydroxyl groups excluding tert-OH is 1. The summed E-state index contributed by atoms with van der Waals surface area (Å²) < 4.78 is 25.9. The topological polar surface area (TPSA) is 95.5 Å². The molecule has 0 heterocycles. The zero-order chi connectivity index (χ0) is 14.8. The Morgan fingerprint density at radius 2 is 1.90 bits per heavy atom. The van der Waals surface area contributed by atoms with Crippen molar-refractivity contribution >= 4 is 15.9 Å². The lowest BCUT2D eigenvalue weighted by molar-refractivity contribution is 0.0562. The average Bonchev–Trinajstić information content (AvgIpc) is 2.37. The van der Waals surface area contributed by atoms with Crippen LogP contribution < -0.4 is 10.0 Å². The lowest BCUT2D eigenvalue weighted by atomic mass is 9.89. The van der Waals surface area contributed by atoms with E-state index in [9.17, 15) is 13.2 Å². The van der Waals surface area contributed by atoms with Gasteiger partial charge in [0.25, 0.3) is 5.91 Å². The van der Waals surface area contributed by atoms with E-state index in [-0.39, 0.29) is 22.9 Å². The number of amides is 1. The summed E-state index contributed by atoms with van der Waals surface area (Å²) in [5, 5.41) is 11.9. The van der Waals surface area contributed by atoms with Gasteiger partial charge < -0.3 is 10.4 Å². The van der Waals surface area contributed by atoms with Gasteiger partial charge in [-0.15, -0.1) is 0 Å². The highest BCUT2D eigenvalue weighted by Crippen LogP contribution is 2.20. The smallest absolute Gasteiger partial charge is 0.251 e. The van der Waals surface area contributed by atoms with Gasteiger partial charge >= 0.3 is 0 Å². The summed E-state index contributed by atoms with van der Waals surface area (Å²) in [7, 11) is -3.49. The van der Waals surface area contributed by atoms with Crippen molar-refractivity contribution in [2.45, 2.75) is 36.8 Å². The van der Waals surface area contributed by atoms with Crippen molar-refractivity contribution in [3.05, 3.63) is 29.8 Å². The largest absolute Gasteiger partial charge is 0.393 e. The van der Waals surface area contributed by atoms with Crippen LogP contribution in [0.25, 0.3) is 0 Å². The van der Waals surface area contributed by atoms with Crippen LogP contribution in [0.1, 0.15) is 30.1 Å². The van der Waals surface area contributed by atoms with E-state index in [2.05, 4.69) is 10.0 Å². The lowest BCUT2D eigenvalue weighted by Crippen LogP contribution is -2.46. The number of carbonyl (C=O) groups excluding carboxylic acids is 1. The standard InChI is InChI=1S/C13H18N2O4S/c1-2-14-20(18,19)12-5-3-9(4-6-12)13(17)15-10-7-11(16)8-10/h3-6,10-11,14,16H,2,7-8H2,1H3,(H,15,17). The molecule has 20 heavy (non-hydrogen) atoms. The normalized spacial score (nSPS) is 22.1. The molecule has 7 heteroatoms. The molecule has 0 bridgehead atoms. The molecule has 2 rings (SSSR count). The first-order chi connectivity index (χ1) is 9.42. The number of aliphatic hydroxyl groups is 1. The van der Waals surface area contributed by atoms with E-state index < -0.39 is 10.0 Å². The molecule has 110 valence electrons. The van der Waals surface area contributed by atoms with E-state index in [1.54, 1.807) is 6.92 Å². The van der Waals surface area contributed by atoms with Crippen LogP contribution in [-0.4, -0.2) is 38.1 Å². The van der Waals surface area contributed by atoms with Gasteiger partial charge in [0.05, 0.1) is 11.0 Å². The Hall–Kier alpha value is -1.44. The highest BCUT2D eigenvalue weighted by atomic mass is 32.2. The Bertz CT molecular complexity index is 577. The molecule has 1 aromatic carbocycles. The summed E-state index contributed by atoms with van der Waals surface area (Å²) in [6, 6.07) is 5.77. The van der Waals surface area contributed by atoms with Crippen molar-refractivity contribution in [2.24, 2.45) is 0 Å². The minimum Gasteiger partial charge on any atom is -0.393 e. The molecule has 1 aliphatic rings. The third-order valence-corrected chi connectivity index (χ3v) is 4.77. The molecule has 6 nitrogen and oxygen atoms in total. The van der Waals surface area contributed by atoms with Crippen LogP contribution in [0.2, 0.25) is 0 Å². The van der Waals surface area contributed by atoms with Gasteiger partial charge in [0.2, 0.25) is 10.0 Å². The maximum Gasteiger partial charge on any atom is 0.251 e. The fourth-order valence-corrected chi connectivity index (χ4v) is 3.07. The second kappa shape index (κ2) is 5.90. The van der Waals surface area contributed by atoms with E-state index >= 15 is 0 Å². The van der Waals surface area contributed by atoms with Gasteiger partial charge in [-0.25, -0.2) is 13.1 Å². The van der Waals surface area contributed by atoms with E-state index in [0.29, 0.717) is 24.9 Å². The summed E-state index contributed by atoms with van der Waals surface area (Å²) >= 11 is 0. The van der Waals surface area contributed by atoms with E-state index in [1.807, 2.05) is 0 Å². The minimum absolute atomic E-state index is 0.00247. The molecule has 1 aromatic rings. The molecule has 0 saturated heterocycles. The van der Waals surface area contributed by atoms with Crippen LogP contribution in [0.15, 0.2) is 29.2 Å². The van der Waals surface area contributed by atoms with Gasteiger partial charge in [-0.2, -0.15) is 0 Å². The molecule has 1 aliphatic carbocycles. The first kappa shape index (κ1) is 15.0. The zero-order valence-corrected chi connectivity index (χ0v) is 12.0. The van der Waals surface area contributed by atoms with Gasteiger partial charge in [-0.3, -0.25) is 4.79 Å². The van der Waals surface area contributed by atoms with E-state index in [1.165, 1.54) is 24.3 Å². The monoisotopic (exact) mass is 298 g/mol. The fraction of sp³-hybridized carbons (Fsp3) is 0.462.